The van der Waals surface area contributed by atoms with Gasteiger partial charge in [0.05, 0.1) is 5.52 Å². The van der Waals surface area contributed by atoms with Crippen molar-refractivity contribution in [1.82, 2.24) is 9.55 Å². The number of hydrogen-bond donors (Lipinski definition) is 1. The highest BCUT2D eigenvalue weighted by molar-refractivity contribution is 5.94. The van der Waals surface area contributed by atoms with E-state index in [0.29, 0.717) is 17.0 Å². The largest absolute Gasteiger partial charge is 0.350 e. The molecule has 0 saturated heterocycles. The number of nitrogens with one attached hydrogen (secondary N) is 1. The quantitative estimate of drug-likeness (QED) is 0.568. The van der Waals surface area contributed by atoms with Gasteiger partial charge in [0.1, 0.15) is 12.4 Å². The van der Waals surface area contributed by atoms with E-state index in [4.69, 9.17) is 0 Å². The van der Waals surface area contributed by atoms with E-state index in [1.54, 1.807) is 12.1 Å². The number of para-hydroxylation sites is 3. The van der Waals surface area contributed by atoms with Crippen molar-refractivity contribution < 1.29 is 4.79 Å². The van der Waals surface area contributed by atoms with E-state index in [9.17, 15) is 9.59 Å². The van der Waals surface area contributed by atoms with Crippen molar-refractivity contribution in [3.8, 4) is 0 Å². The number of carbonyl (C=O) groups excluding carboxylic acids is 1. The third-order valence-electron chi connectivity index (χ3n) is 4.69. The summed E-state index contributed by atoms with van der Waals surface area (Å²) in [5.41, 5.74) is 1.80. The lowest BCUT2D eigenvalue weighted by Crippen LogP contribution is -2.31. The Bertz CT molecular complexity index is 1200. The fourth-order valence-corrected chi connectivity index (χ4v) is 3.26. The van der Waals surface area contributed by atoms with Gasteiger partial charge in [0.2, 0.25) is 5.91 Å². The molecule has 29 heavy (non-hydrogen) atoms. The molecular formula is C23H20N4O2. The molecule has 0 saturated carbocycles. The highest BCUT2D eigenvalue weighted by Gasteiger charge is 2.16. The second-order valence-electron chi connectivity index (χ2n) is 6.63. The van der Waals surface area contributed by atoms with E-state index in [-0.39, 0.29) is 12.5 Å². The molecule has 6 nitrogen and oxygen atoms in total. The van der Waals surface area contributed by atoms with Gasteiger partial charge in [-0.1, -0.05) is 48.5 Å². The number of benzene rings is 3. The van der Waals surface area contributed by atoms with Crippen LogP contribution >= 0.6 is 0 Å². The first-order valence-electron chi connectivity index (χ1n) is 9.27. The molecule has 0 bridgehead atoms. The zero-order valence-corrected chi connectivity index (χ0v) is 15.9. The summed E-state index contributed by atoms with van der Waals surface area (Å²) in [6.45, 7) is -0.115. The molecule has 0 aliphatic heterocycles. The Morgan fingerprint density at radius 3 is 2.28 bits per heavy atom. The predicted octanol–water partition coefficient (Wildman–Crippen LogP) is 3.80. The van der Waals surface area contributed by atoms with Crippen molar-refractivity contribution in [2.75, 3.05) is 17.3 Å². The van der Waals surface area contributed by atoms with Crippen molar-refractivity contribution in [2.24, 2.45) is 0 Å². The second kappa shape index (κ2) is 7.98. The summed E-state index contributed by atoms with van der Waals surface area (Å²) < 4.78 is 1.40. The molecule has 0 spiro atoms. The average Bonchev–Trinajstić information content (AvgIpc) is 2.76. The number of anilines is 3. The van der Waals surface area contributed by atoms with Crippen molar-refractivity contribution >= 4 is 34.0 Å². The summed E-state index contributed by atoms with van der Waals surface area (Å²) >= 11 is 0. The van der Waals surface area contributed by atoms with Crippen LogP contribution in [0.1, 0.15) is 0 Å². The molecule has 0 atom stereocenters. The van der Waals surface area contributed by atoms with Gasteiger partial charge < -0.3 is 10.2 Å². The first-order valence-corrected chi connectivity index (χ1v) is 9.27. The minimum absolute atomic E-state index is 0.115. The Labute approximate surface area is 168 Å². The molecule has 1 aromatic heterocycles. The first kappa shape index (κ1) is 18.4. The summed E-state index contributed by atoms with van der Waals surface area (Å²) in [4.78, 5) is 31.5. The van der Waals surface area contributed by atoms with E-state index < -0.39 is 5.69 Å². The fraction of sp³-hybridized carbons (Fsp3) is 0.0870. The zero-order valence-electron chi connectivity index (χ0n) is 15.9. The van der Waals surface area contributed by atoms with Crippen LogP contribution in [-0.4, -0.2) is 22.5 Å². The molecule has 0 fully saturated rings. The van der Waals surface area contributed by atoms with Gasteiger partial charge in [-0.15, -0.1) is 0 Å². The molecule has 4 aromatic rings. The molecule has 1 heterocycles. The van der Waals surface area contributed by atoms with Gasteiger partial charge >= 0.3 is 5.69 Å². The first-order chi connectivity index (χ1) is 14.1. The Morgan fingerprint density at radius 1 is 0.931 bits per heavy atom. The second-order valence-corrected chi connectivity index (χ2v) is 6.63. The van der Waals surface area contributed by atoms with Crippen molar-refractivity contribution in [2.45, 2.75) is 6.54 Å². The molecule has 0 radical (unpaired) electrons. The molecule has 6 heteroatoms. The molecule has 3 aromatic carbocycles. The van der Waals surface area contributed by atoms with E-state index in [0.717, 1.165) is 11.1 Å². The number of nitrogens with zero attached hydrogens (tertiary/aromatic N) is 3. The van der Waals surface area contributed by atoms with E-state index in [1.807, 2.05) is 84.7 Å². The van der Waals surface area contributed by atoms with Gasteiger partial charge in [-0.3, -0.25) is 9.36 Å². The number of hydrogen-bond acceptors (Lipinski definition) is 4. The topological polar surface area (TPSA) is 67.2 Å². The number of amides is 1. The molecule has 1 N–H and O–H groups in total. The van der Waals surface area contributed by atoms with Crippen LogP contribution in [0.15, 0.2) is 89.7 Å². The molecule has 144 valence electrons. The lowest BCUT2D eigenvalue weighted by Gasteiger charge is -2.21. The number of fused-ring (bicyclic) bond motifs is 1. The highest BCUT2D eigenvalue weighted by atomic mass is 16.2. The maximum absolute atomic E-state index is 12.8. The predicted molar refractivity (Wildman–Crippen MR) is 116 cm³/mol. The number of carbonyl (C=O) groups is 1. The monoisotopic (exact) mass is 384 g/mol. The van der Waals surface area contributed by atoms with E-state index in [2.05, 4.69) is 10.3 Å². The number of aromatic nitrogens is 2. The zero-order chi connectivity index (χ0) is 20.2. The Morgan fingerprint density at radius 2 is 1.55 bits per heavy atom. The average molecular weight is 384 g/mol. The number of rotatable bonds is 5. The van der Waals surface area contributed by atoms with Crippen LogP contribution in [0.2, 0.25) is 0 Å². The van der Waals surface area contributed by atoms with Crippen LogP contribution in [0.25, 0.3) is 10.9 Å². The van der Waals surface area contributed by atoms with Gasteiger partial charge in [0.25, 0.3) is 0 Å². The van der Waals surface area contributed by atoms with Crippen LogP contribution < -0.4 is 15.9 Å². The smallest absolute Gasteiger partial charge is 0.329 e. The van der Waals surface area contributed by atoms with Crippen LogP contribution in [-0.2, 0) is 11.3 Å². The van der Waals surface area contributed by atoms with Crippen molar-refractivity contribution in [1.29, 1.82) is 0 Å². The standard InChI is InChI=1S/C23H20N4O2/c1-26(18-12-6-3-7-13-18)22-19-14-8-9-15-20(19)27(23(29)25-22)16-21(28)24-17-10-4-2-5-11-17/h2-15H,16H2,1H3,(H,24,28). The normalized spacial score (nSPS) is 10.7. The molecule has 0 aliphatic rings. The van der Waals surface area contributed by atoms with Gasteiger partial charge in [-0.2, -0.15) is 4.98 Å². The van der Waals surface area contributed by atoms with Gasteiger partial charge in [-0.25, -0.2) is 4.79 Å². The van der Waals surface area contributed by atoms with Crippen molar-refractivity contribution in [3.63, 3.8) is 0 Å². The Hall–Kier alpha value is -3.93. The van der Waals surface area contributed by atoms with E-state index >= 15 is 0 Å². The SMILES string of the molecule is CN(c1ccccc1)c1nc(=O)n(CC(=O)Nc2ccccc2)c2ccccc12. The highest BCUT2D eigenvalue weighted by Crippen LogP contribution is 2.27. The molecule has 0 unspecified atom stereocenters. The minimum Gasteiger partial charge on any atom is -0.329 e. The summed E-state index contributed by atoms with van der Waals surface area (Å²) in [5, 5.41) is 3.61. The summed E-state index contributed by atoms with van der Waals surface area (Å²) in [6, 6.07) is 26.3. The van der Waals surface area contributed by atoms with E-state index in [1.165, 1.54) is 4.57 Å². The summed E-state index contributed by atoms with van der Waals surface area (Å²) in [6.07, 6.45) is 0. The Kier molecular flexibility index (Phi) is 5.07. The summed E-state index contributed by atoms with van der Waals surface area (Å²) in [7, 11) is 1.87. The molecular weight excluding hydrogens is 364 g/mol. The van der Waals surface area contributed by atoms with Gasteiger partial charge in [0, 0.05) is 23.8 Å². The molecule has 0 aliphatic carbocycles. The lowest BCUT2D eigenvalue weighted by molar-refractivity contribution is -0.116. The van der Waals surface area contributed by atoms with Crippen LogP contribution in [0.3, 0.4) is 0 Å². The Balaban J connectivity index is 1.72. The van der Waals surface area contributed by atoms with Crippen LogP contribution in [0, 0.1) is 0 Å². The van der Waals surface area contributed by atoms with Crippen LogP contribution in [0.5, 0.6) is 0 Å². The van der Waals surface area contributed by atoms with Crippen LogP contribution in [0.4, 0.5) is 17.2 Å². The molecule has 4 rings (SSSR count). The minimum atomic E-state index is -0.468. The van der Waals surface area contributed by atoms with Gasteiger partial charge in [0.15, 0.2) is 0 Å². The van der Waals surface area contributed by atoms with Gasteiger partial charge in [-0.05, 0) is 36.4 Å². The third kappa shape index (κ3) is 3.87. The molecule has 1 amide bonds. The van der Waals surface area contributed by atoms with Crippen molar-refractivity contribution in [3.05, 3.63) is 95.4 Å². The fourth-order valence-electron chi connectivity index (χ4n) is 3.26. The summed E-state index contributed by atoms with van der Waals surface area (Å²) in [5.74, 6) is 0.269. The lowest BCUT2D eigenvalue weighted by atomic mass is 10.2. The maximum atomic E-state index is 12.8. The maximum Gasteiger partial charge on any atom is 0.350 e. The third-order valence-corrected chi connectivity index (χ3v) is 4.69.